The number of rotatable bonds is 52. The molecule has 0 radical (unpaired) electrons. The number of aliphatic hydroxyl groups is 5. The zero-order chi connectivity index (χ0) is 52.9. The molecule has 0 aliphatic carbocycles. The van der Waals surface area contributed by atoms with E-state index in [0.717, 1.165) is 70.6 Å². The number of nitrogens with one attached hydrogen (secondary N) is 1. The van der Waals surface area contributed by atoms with Crippen molar-refractivity contribution in [3.63, 3.8) is 0 Å². The molecule has 424 valence electrons. The van der Waals surface area contributed by atoms with Gasteiger partial charge in [-0.15, -0.1) is 0 Å². The Labute approximate surface area is 448 Å². The normalized spacial score (nSPS) is 19.6. The largest absolute Gasteiger partial charge is 0.394 e. The zero-order valence-electron chi connectivity index (χ0n) is 47.1. The Balaban J connectivity index is 2.11. The number of hydrogen-bond donors (Lipinski definition) is 6. The Morgan fingerprint density at radius 2 is 0.849 bits per heavy atom. The van der Waals surface area contributed by atoms with Crippen molar-refractivity contribution in [1.29, 1.82) is 0 Å². The van der Waals surface area contributed by atoms with Crippen LogP contribution in [0.1, 0.15) is 271 Å². The maximum atomic E-state index is 13.1. The average molecular weight is 1030 g/mol. The molecule has 7 unspecified atom stereocenters. The molecule has 1 fully saturated rings. The van der Waals surface area contributed by atoms with Crippen LogP contribution in [0.15, 0.2) is 72.9 Å². The molecule has 1 aliphatic heterocycles. The number of carbonyl (C=O) groups is 1. The highest BCUT2D eigenvalue weighted by Gasteiger charge is 2.44. The molecule has 0 spiro atoms. The van der Waals surface area contributed by atoms with Crippen molar-refractivity contribution in [3.05, 3.63) is 72.9 Å². The van der Waals surface area contributed by atoms with Crippen molar-refractivity contribution in [1.82, 2.24) is 5.32 Å². The summed E-state index contributed by atoms with van der Waals surface area (Å²) in [6.45, 7) is 3.68. The fraction of sp³-hybridized carbons (Fsp3) is 0.797. The van der Waals surface area contributed by atoms with E-state index in [0.29, 0.717) is 6.42 Å². The van der Waals surface area contributed by atoms with Gasteiger partial charge >= 0.3 is 0 Å². The van der Waals surface area contributed by atoms with Crippen LogP contribution in [0.2, 0.25) is 0 Å². The molecular weight excluding hydrogens is 911 g/mol. The zero-order valence-corrected chi connectivity index (χ0v) is 47.1. The van der Waals surface area contributed by atoms with Gasteiger partial charge in [-0.25, -0.2) is 0 Å². The highest BCUT2D eigenvalue weighted by atomic mass is 16.7. The van der Waals surface area contributed by atoms with Crippen molar-refractivity contribution in [2.75, 3.05) is 13.2 Å². The quantitative estimate of drug-likeness (QED) is 0.0261. The second-order valence-electron chi connectivity index (χ2n) is 21.1. The van der Waals surface area contributed by atoms with E-state index < -0.39 is 49.5 Å². The third-order valence-corrected chi connectivity index (χ3v) is 14.3. The average Bonchev–Trinajstić information content (AvgIpc) is 3.39. The molecule has 0 aromatic rings. The van der Waals surface area contributed by atoms with Crippen LogP contribution in [-0.2, 0) is 14.3 Å². The Morgan fingerprint density at radius 1 is 0.479 bits per heavy atom. The number of ether oxygens (including phenoxy) is 2. The Morgan fingerprint density at radius 3 is 1.26 bits per heavy atom. The number of amides is 1. The van der Waals surface area contributed by atoms with E-state index in [1.54, 1.807) is 6.08 Å². The molecule has 9 nitrogen and oxygen atoms in total. The van der Waals surface area contributed by atoms with Gasteiger partial charge in [0.1, 0.15) is 24.4 Å². The third-order valence-electron chi connectivity index (χ3n) is 14.3. The van der Waals surface area contributed by atoms with E-state index in [4.69, 9.17) is 9.47 Å². The molecule has 1 saturated heterocycles. The first-order valence-electron chi connectivity index (χ1n) is 30.7. The van der Waals surface area contributed by atoms with Gasteiger partial charge in [0.05, 0.1) is 25.4 Å². The van der Waals surface area contributed by atoms with Crippen LogP contribution in [-0.4, -0.2) is 87.5 Å². The summed E-state index contributed by atoms with van der Waals surface area (Å²) >= 11 is 0. The van der Waals surface area contributed by atoms with Crippen LogP contribution in [0.3, 0.4) is 0 Å². The maximum absolute atomic E-state index is 13.1. The second kappa shape index (κ2) is 53.0. The van der Waals surface area contributed by atoms with Crippen LogP contribution in [0.4, 0.5) is 0 Å². The summed E-state index contributed by atoms with van der Waals surface area (Å²) in [6, 6.07) is -0.806. The molecule has 9 heteroatoms. The summed E-state index contributed by atoms with van der Waals surface area (Å²) in [4.78, 5) is 13.1. The van der Waals surface area contributed by atoms with E-state index in [2.05, 4.69) is 79.9 Å². The van der Waals surface area contributed by atoms with Gasteiger partial charge < -0.3 is 40.3 Å². The number of unbranched alkanes of at least 4 members (excludes halogenated alkanes) is 32. The van der Waals surface area contributed by atoms with Gasteiger partial charge in [0.2, 0.25) is 5.91 Å². The van der Waals surface area contributed by atoms with Crippen LogP contribution in [0.5, 0.6) is 0 Å². The van der Waals surface area contributed by atoms with Gasteiger partial charge in [-0.1, -0.05) is 273 Å². The summed E-state index contributed by atoms with van der Waals surface area (Å²) in [6.07, 6.45) is 67.0. The SMILES string of the molecule is CC/C=C\C/C=C\C/C=C\C/C=C\C/C=C\CCCCCCCCCCCCCCCCCCCCCC(=O)NC(COC1OC(CO)C(O)C(O)C1O)C(O)/C=C/CCCCCCCCCCCCCCC. The van der Waals surface area contributed by atoms with Crippen molar-refractivity contribution < 1.29 is 39.8 Å². The van der Waals surface area contributed by atoms with Gasteiger partial charge in [-0.2, -0.15) is 0 Å². The maximum Gasteiger partial charge on any atom is 0.220 e. The molecule has 73 heavy (non-hydrogen) atoms. The lowest BCUT2D eigenvalue weighted by atomic mass is 9.99. The van der Waals surface area contributed by atoms with E-state index in [9.17, 15) is 30.3 Å². The van der Waals surface area contributed by atoms with Crippen LogP contribution in [0, 0.1) is 0 Å². The summed E-state index contributed by atoms with van der Waals surface area (Å²) in [5.74, 6) is -0.175. The van der Waals surface area contributed by atoms with Gasteiger partial charge in [0.25, 0.3) is 0 Å². The first kappa shape index (κ1) is 68.6. The van der Waals surface area contributed by atoms with Crippen molar-refractivity contribution in [2.45, 2.75) is 314 Å². The van der Waals surface area contributed by atoms with Crippen molar-refractivity contribution in [3.8, 4) is 0 Å². The van der Waals surface area contributed by atoms with Crippen LogP contribution in [0.25, 0.3) is 0 Å². The fourth-order valence-corrected chi connectivity index (χ4v) is 9.48. The Kier molecular flexibility index (Phi) is 49.9. The number of aliphatic hydroxyl groups excluding tert-OH is 5. The standard InChI is InChI=1S/C64H115NO8/c1-3-5-7-9-11-13-15-17-19-20-21-22-23-24-25-26-27-28-29-30-31-32-33-34-35-36-37-38-40-42-44-46-48-50-52-54-60(68)65-57(56-72-64-63(71)62(70)61(69)59(55-66)73-64)58(67)53-51-49-47-45-43-41-39-18-16-14-12-10-8-6-4-2/h5,7,11,13,17,19,21-22,24-25,51,53,57-59,61-64,66-67,69-71H,3-4,6,8-10,12,14-16,18,20,23,26-50,52,54-56H2,1-2H3,(H,65,68)/b7-5-,13-11-,19-17-,22-21-,25-24-,53-51+. The molecule has 0 aromatic carbocycles. The monoisotopic (exact) mass is 1030 g/mol. The van der Waals surface area contributed by atoms with Gasteiger partial charge in [0.15, 0.2) is 6.29 Å². The highest BCUT2D eigenvalue weighted by Crippen LogP contribution is 2.23. The van der Waals surface area contributed by atoms with Gasteiger partial charge in [-0.05, 0) is 64.2 Å². The van der Waals surface area contributed by atoms with Crippen LogP contribution < -0.4 is 5.32 Å². The van der Waals surface area contributed by atoms with E-state index in [-0.39, 0.29) is 12.5 Å². The minimum Gasteiger partial charge on any atom is -0.394 e. The predicted molar refractivity (Wildman–Crippen MR) is 309 cm³/mol. The second-order valence-corrected chi connectivity index (χ2v) is 21.1. The molecule has 1 amide bonds. The Bertz CT molecular complexity index is 1380. The molecule has 0 saturated carbocycles. The van der Waals surface area contributed by atoms with Crippen molar-refractivity contribution in [2.24, 2.45) is 0 Å². The number of allylic oxidation sites excluding steroid dienone is 11. The van der Waals surface area contributed by atoms with E-state index >= 15 is 0 Å². The lowest BCUT2D eigenvalue weighted by Crippen LogP contribution is -2.60. The minimum atomic E-state index is -1.57. The molecule has 1 aliphatic rings. The molecule has 1 rings (SSSR count). The summed E-state index contributed by atoms with van der Waals surface area (Å²) in [5, 5.41) is 54.5. The van der Waals surface area contributed by atoms with E-state index in [1.165, 1.54) is 180 Å². The molecule has 6 N–H and O–H groups in total. The lowest BCUT2D eigenvalue weighted by Gasteiger charge is -2.40. The van der Waals surface area contributed by atoms with Gasteiger partial charge in [0, 0.05) is 6.42 Å². The number of carbonyl (C=O) groups excluding carboxylic acids is 1. The topological polar surface area (TPSA) is 149 Å². The highest BCUT2D eigenvalue weighted by molar-refractivity contribution is 5.76. The smallest absolute Gasteiger partial charge is 0.220 e. The van der Waals surface area contributed by atoms with Crippen LogP contribution >= 0.6 is 0 Å². The first-order valence-corrected chi connectivity index (χ1v) is 30.7. The molecule has 0 bridgehead atoms. The summed E-state index contributed by atoms with van der Waals surface area (Å²) in [7, 11) is 0. The summed E-state index contributed by atoms with van der Waals surface area (Å²) in [5.41, 5.74) is 0. The lowest BCUT2D eigenvalue weighted by molar-refractivity contribution is -0.302. The molecule has 0 aromatic heterocycles. The molecular formula is C64H115NO8. The molecule has 7 atom stereocenters. The first-order chi connectivity index (χ1) is 35.8. The molecule has 1 heterocycles. The third kappa shape index (κ3) is 42.4. The van der Waals surface area contributed by atoms with Gasteiger partial charge in [-0.3, -0.25) is 4.79 Å². The Hall–Kier alpha value is -2.37. The minimum absolute atomic E-state index is 0.175. The fourth-order valence-electron chi connectivity index (χ4n) is 9.48. The van der Waals surface area contributed by atoms with E-state index in [1.807, 2.05) is 6.08 Å². The summed E-state index contributed by atoms with van der Waals surface area (Å²) < 4.78 is 11.3. The predicted octanol–water partition coefficient (Wildman–Crippen LogP) is 15.6. The van der Waals surface area contributed by atoms with Crippen molar-refractivity contribution >= 4 is 5.91 Å². The number of hydrogen-bond acceptors (Lipinski definition) is 8.